The van der Waals surface area contributed by atoms with Crippen LogP contribution in [-0.2, 0) is 14.4 Å². The zero-order valence-electron chi connectivity index (χ0n) is 16.5. The number of nitrogens with zero attached hydrogens (tertiary/aromatic N) is 3. The molecule has 0 bridgehead atoms. The molecule has 29 heavy (non-hydrogen) atoms. The van der Waals surface area contributed by atoms with Crippen LogP contribution >= 0.6 is 0 Å². The fourth-order valence-corrected chi connectivity index (χ4v) is 5.28. The van der Waals surface area contributed by atoms with Crippen LogP contribution in [0, 0.1) is 11.8 Å². The molecule has 152 valence electrons. The van der Waals surface area contributed by atoms with Crippen molar-refractivity contribution in [2.45, 2.75) is 51.0 Å². The van der Waals surface area contributed by atoms with Crippen molar-refractivity contribution in [2.75, 3.05) is 13.1 Å². The number of rotatable bonds is 4. The molecule has 1 aromatic heterocycles. The molecular formula is C22H26N4O3. The molecule has 1 aromatic carbocycles. The molecule has 3 aliphatic rings. The molecule has 3 heterocycles. The van der Waals surface area contributed by atoms with Crippen molar-refractivity contribution >= 4 is 28.8 Å². The van der Waals surface area contributed by atoms with Gasteiger partial charge in [0.25, 0.3) is 0 Å². The number of H-pyrrole nitrogens is 1. The fourth-order valence-electron chi connectivity index (χ4n) is 5.28. The minimum Gasteiger partial charge on any atom is -0.340 e. The third-order valence-corrected chi connectivity index (χ3v) is 6.78. The third kappa shape index (κ3) is 3.12. The van der Waals surface area contributed by atoms with Gasteiger partial charge in [-0.3, -0.25) is 19.3 Å². The lowest BCUT2D eigenvalue weighted by molar-refractivity contribution is -0.141. The summed E-state index contributed by atoms with van der Waals surface area (Å²) in [5.41, 5.74) is 1.87. The first-order valence-corrected chi connectivity index (χ1v) is 10.7. The second-order valence-electron chi connectivity index (χ2n) is 8.46. The number of benzene rings is 1. The number of fused-ring (bicyclic) bond motifs is 2. The largest absolute Gasteiger partial charge is 0.340 e. The van der Waals surface area contributed by atoms with Gasteiger partial charge in [0, 0.05) is 19.5 Å². The van der Waals surface area contributed by atoms with Crippen LogP contribution < -0.4 is 0 Å². The Hall–Kier alpha value is -2.70. The zero-order chi connectivity index (χ0) is 20.0. The van der Waals surface area contributed by atoms with Crippen molar-refractivity contribution in [3.63, 3.8) is 0 Å². The van der Waals surface area contributed by atoms with Crippen LogP contribution in [0.2, 0.25) is 0 Å². The lowest BCUT2D eigenvalue weighted by atomic mass is 9.81. The Bertz CT molecular complexity index is 911. The molecule has 5 rings (SSSR count). The number of aromatic amines is 1. The molecule has 1 aliphatic carbocycles. The molecule has 1 N–H and O–H groups in total. The summed E-state index contributed by atoms with van der Waals surface area (Å²) in [5.74, 6) is 0.369. The van der Waals surface area contributed by atoms with E-state index in [-0.39, 0.29) is 48.6 Å². The van der Waals surface area contributed by atoms with Crippen LogP contribution in [0.4, 0.5) is 0 Å². The Morgan fingerprint density at radius 2 is 1.76 bits per heavy atom. The average Bonchev–Trinajstić information content (AvgIpc) is 3.44. The number of imide groups is 1. The first-order valence-electron chi connectivity index (χ1n) is 10.7. The van der Waals surface area contributed by atoms with E-state index in [0.29, 0.717) is 6.54 Å². The monoisotopic (exact) mass is 394 g/mol. The predicted molar refractivity (Wildman–Crippen MR) is 107 cm³/mol. The Morgan fingerprint density at radius 1 is 1.03 bits per heavy atom. The molecular weight excluding hydrogens is 368 g/mol. The van der Waals surface area contributed by atoms with Crippen LogP contribution in [0.15, 0.2) is 24.3 Å². The van der Waals surface area contributed by atoms with Crippen LogP contribution in [0.25, 0.3) is 11.0 Å². The maximum atomic E-state index is 13.0. The molecule has 3 atom stereocenters. The second kappa shape index (κ2) is 7.28. The molecule has 7 heteroatoms. The molecule has 3 amide bonds. The Kier molecular flexibility index (Phi) is 4.60. The molecule has 2 aliphatic heterocycles. The number of imidazole rings is 1. The van der Waals surface area contributed by atoms with Crippen molar-refractivity contribution in [1.29, 1.82) is 0 Å². The second-order valence-corrected chi connectivity index (χ2v) is 8.46. The van der Waals surface area contributed by atoms with Gasteiger partial charge in [-0.1, -0.05) is 25.0 Å². The summed E-state index contributed by atoms with van der Waals surface area (Å²) >= 11 is 0. The van der Waals surface area contributed by atoms with Crippen molar-refractivity contribution in [1.82, 2.24) is 19.8 Å². The van der Waals surface area contributed by atoms with E-state index in [4.69, 9.17) is 0 Å². The van der Waals surface area contributed by atoms with E-state index in [0.717, 1.165) is 55.4 Å². The van der Waals surface area contributed by atoms with Crippen molar-refractivity contribution < 1.29 is 14.4 Å². The number of hydrogen-bond donors (Lipinski definition) is 1. The van der Waals surface area contributed by atoms with Gasteiger partial charge in [0.15, 0.2) is 0 Å². The molecule has 2 saturated heterocycles. The first-order chi connectivity index (χ1) is 14.1. The number of carbonyl (C=O) groups is 3. The van der Waals surface area contributed by atoms with Crippen molar-refractivity contribution in [3.8, 4) is 0 Å². The molecule has 0 radical (unpaired) electrons. The topological polar surface area (TPSA) is 86.4 Å². The average molecular weight is 394 g/mol. The molecule has 1 saturated carbocycles. The van der Waals surface area contributed by atoms with Gasteiger partial charge in [0.1, 0.15) is 5.82 Å². The number of para-hydroxylation sites is 2. The smallest absolute Gasteiger partial charge is 0.233 e. The van der Waals surface area contributed by atoms with Crippen LogP contribution in [-0.4, -0.2) is 50.6 Å². The SMILES string of the molecule is O=C1[C@H]2CCCC[C@H]2C(=O)N1CCC(=O)N1CCC[C@H]1c1nc2ccccc2[nH]1. The summed E-state index contributed by atoms with van der Waals surface area (Å²) in [7, 11) is 0. The van der Waals surface area contributed by atoms with Gasteiger partial charge in [-0.05, 0) is 37.8 Å². The number of nitrogens with one attached hydrogen (secondary N) is 1. The van der Waals surface area contributed by atoms with E-state index in [2.05, 4.69) is 9.97 Å². The summed E-state index contributed by atoms with van der Waals surface area (Å²) < 4.78 is 0. The molecule has 2 aromatic rings. The summed E-state index contributed by atoms with van der Waals surface area (Å²) in [6.45, 7) is 0.889. The predicted octanol–water partition coefficient (Wildman–Crippen LogP) is 2.79. The van der Waals surface area contributed by atoms with Crippen molar-refractivity contribution in [2.24, 2.45) is 11.8 Å². The van der Waals surface area contributed by atoms with Gasteiger partial charge >= 0.3 is 0 Å². The summed E-state index contributed by atoms with van der Waals surface area (Å²) in [4.78, 5) is 49.5. The number of carbonyl (C=O) groups excluding carboxylic acids is 3. The van der Waals surface area contributed by atoms with Gasteiger partial charge in [0.05, 0.1) is 28.9 Å². The van der Waals surface area contributed by atoms with Gasteiger partial charge < -0.3 is 9.88 Å². The standard InChI is InChI=1S/C22H26N4O3/c27-19(11-13-26-21(28)14-6-1-2-7-15(14)22(26)29)25-12-5-10-18(25)20-23-16-8-3-4-9-17(16)24-20/h3-4,8-9,14-15,18H,1-2,5-7,10-13H2,(H,23,24)/t14-,15+,18-/m0/s1. The Labute approximate surface area is 169 Å². The minimum atomic E-state index is -0.151. The highest BCUT2D eigenvalue weighted by Gasteiger charge is 2.48. The first kappa shape index (κ1) is 18.3. The van der Waals surface area contributed by atoms with E-state index < -0.39 is 0 Å². The maximum Gasteiger partial charge on any atom is 0.233 e. The maximum absolute atomic E-state index is 13.0. The van der Waals surface area contributed by atoms with Crippen molar-refractivity contribution in [3.05, 3.63) is 30.1 Å². The van der Waals surface area contributed by atoms with Gasteiger partial charge in [-0.15, -0.1) is 0 Å². The van der Waals surface area contributed by atoms with E-state index in [1.165, 1.54) is 4.90 Å². The van der Waals surface area contributed by atoms with Crippen LogP contribution in [0.5, 0.6) is 0 Å². The highest BCUT2D eigenvalue weighted by atomic mass is 16.2. The molecule has 0 unspecified atom stereocenters. The van der Waals surface area contributed by atoms with E-state index in [9.17, 15) is 14.4 Å². The molecule has 7 nitrogen and oxygen atoms in total. The van der Waals surface area contributed by atoms with E-state index in [1.807, 2.05) is 29.2 Å². The lowest BCUT2D eigenvalue weighted by Gasteiger charge is -2.24. The molecule has 0 spiro atoms. The quantitative estimate of drug-likeness (QED) is 0.808. The van der Waals surface area contributed by atoms with Crippen LogP contribution in [0.3, 0.4) is 0 Å². The Balaban J connectivity index is 1.26. The number of amides is 3. The molecule has 3 fully saturated rings. The highest BCUT2D eigenvalue weighted by Crippen LogP contribution is 2.38. The van der Waals surface area contributed by atoms with E-state index >= 15 is 0 Å². The fraction of sp³-hybridized carbons (Fsp3) is 0.545. The number of likely N-dealkylation sites (tertiary alicyclic amines) is 2. The number of aromatic nitrogens is 2. The zero-order valence-corrected chi connectivity index (χ0v) is 16.5. The number of hydrogen-bond acceptors (Lipinski definition) is 4. The minimum absolute atomic E-state index is 0.0107. The highest BCUT2D eigenvalue weighted by molar-refractivity contribution is 6.05. The van der Waals surface area contributed by atoms with E-state index in [1.54, 1.807) is 0 Å². The third-order valence-electron chi connectivity index (χ3n) is 6.78. The van der Waals surface area contributed by atoms with Gasteiger partial charge in [-0.2, -0.15) is 0 Å². The van der Waals surface area contributed by atoms with Gasteiger partial charge in [-0.25, -0.2) is 4.98 Å². The Morgan fingerprint density at radius 3 is 2.48 bits per heavy atom. The summed E-state index contributed by atoms with van der Waals surface area (Å²) in [5, 5.41) is 0. The lowest BCUT2D eigenvalue weighted by Crippen LogP contribution is -2.37. The summed E-state index contributed by atoms with van der Waals surface area (Å²) in [6, 6.07) is 7.79. The normalized spacial score (nSPS) is 27.1. The van der Waals surface area contributed by atoms with Gasteiger partial charge in [0.2, 0.25) is 17.7 Å². The van der Waals surface area contributed by atoms with Crippen LogP contribution in [0.1, 0.15) is 56.8 Å². The summed E-state index contributed by atoms with van der Waals surface area (Å²) in [6.07, 6.45) is 5.63.